The van der Waals surface area contributed by atoms with Crippen LogP contribution >= 0.6 is 22.6 Å². The molecular weight excluding hydrogens is 279 g/mol. The summed E-state index contributed by atoms with van der Waals surface area (Å²) >= 11 is 2.25. The average Bonchev–Trinajstić information content (AvgIpc) is 2.53. The van der Waals surface area contributed by atoms with Crippen LogP contribution in [0.2, 0.25) is 0 Å². The van der Waals surface area contributed by atoms with Crippen molar-refractivity contribution in [3.63, 3.8) is 0 Å². The first-order valence-corrected chi connectivity index (χ1v) is 4.80. The molecule has 3 nitrogen and oxygen atoms in total. The molecule has 1 heterocycles. The van der Waals surface area contributed by atoms with E-state index in [1.54, 1.807) is 6.26 Å². The van der Waals surface area contributed by atoms with Crippen molar-refractivity contribution in [2.24, 2.45) is 0 Å². The smallest absolute Gasteiger partial charge is 0.292 e. The van der Waals surface area contributed by atoms with Gasteiger partial charge < -0.3 is 10.2 Å². The second kappa shape index (κ2) is 3.37. The van der Waals surface area contributed by atoms with Crippen LogP contribution < -0.4 is 5.73 Å². The first-order valence-electron chi connectivity index (χ1n) is 3.72. The molecule has 2 rings (SSSR count). The number of benzene rings is 1. The van der Waals surface area contributed by atoms with Crippen LogP contribution in [-0.2, 0) is 0 Å². The molecule has 2 N–H and O–H groups in total. The lowest BCUT2D eigenvalue weighted by molar-refractivity contribution is 0.581. The highest BCUT2D eigenvalue weighted by Gasteiger charge is 2.02. The average molecular weight is 286 g/mol. The molecule has 0 saturated heterocycles. The number of aromatic nitrogens is 1. The molecule has 1 aromatic carbocycles. The van der Waals surface area contributed by atoms with Gasteiger partial charge in [-0.3, -0.25) is 0 Å². The van der Waals surface area contributed by atoms with Gasteiger partial charge in [0.05, 0.1) is 0 Å². The predicted molar refractivity (Wildman–Crippen MR) is 59.1 cm³/mol. The minimum absolute atomic E-state index is 0.202. The van der Waals surface area contributed by atoms with Crippen LogP contribution in [0, 0.1) is 3.57 Å². The number of halogens is 1. The van der Waals surface area contributed by atoms with Gasteiger partial charge in [0.25, 0.3) is 6.01 Å². The van der Waals surface area contributed by atoms with Gasteiger partial charge in [-0.1, -0.05) is 12.1 Å². The highest BCUT2D eigenvalue weighted by molar-refractivity contribution is 14.1. The molecule has 13 heavy (non-hydrogen) atoms. The Bertz CT molecular complexity index is 408. The Kier molecular flexibility index (Phi) is 2.22. The second-order valence-corrected chi connectivity index (χ2v) is 3.82. The van der Waals surface area contributed by atoms with Crippen molar-refractivity contribution in [3.05, 3.63) is 34.1 Å². The van der Waals surface area contributed by atoms with Gasteiger partial charge in [-0.2, -0.15) is 4.98 Å². The Morgan fingerprint density at radius 2 is 1.92 bits per heavy atom. The molecule has 0 aliphatic heterocycles. The van der Waals surface area contributed by atoms with Crippen molar-refractivity contribution in [1.29, 1.82) is 0 Å². The van der Waals surface area contributed by atoms with E-state index in [0.717, 1.165) is 11.3 Å². The molecule has 0 fully saturated rings. The third-order valence-corrected chi connectivity index (χ3v) is 2.38. The lowest BCUT2D eigenvalue weighted by Crippen LogP contribution is -1.83. The minimum atomic E-state index is 0.202. The van der Waals surface area contributed by atoms with Gasteiger partial charge in [0.2, 0.25) is 0 Å². The largest absolute Gasteiger partial charge is 0.432 e. The maximum absolute atomic E-state index is 5.37. The van der Waals surface area contributed by atoms with Crippen LogP contribution in [0.5, 0.6) is 0 Å². The number of hydrogen-bond donors (Lipinski definition) is 1. The van der Waals surface area contributed by atoms with Crippen LogP contribution in [0.3, 0.4) is 0 Å². The number of nitrogens with two attached hydrogens (primary N) is 1. The van der Waals surface area contributed by atoms with E-state index in [-0.39, 0.29) is 6.01 Å². The number of rotatable bonds is 1. The van der Waals surface area contributed by atoms with Crippen molar-refractivity contribution in [3.8, 4) is 11.3 Å². The molecule has 0 saturated carbocycles. The summed E-state index contributed by atoms with van der Waals surface area (Å²) in [7, 11) is 0. The molecule has 4 heteroatoms. The van der Waals surface area contributed by atoms with E-state index in [1.165, 1.54) is 3.57 Å². The molecule has 0 unspecified atom stereocenters. The summed E-state index contributed by atoms with van der Waals surface area (Å²) in [6.45, 7) is 0. The van der Waals surface area contributed by atoms with E-state index in [1.807, 2.05) is 24.3 Å². The molecule has 1 aromatic heterocycles. The van der Waals surface area contributed by atoms with Crippen LogP contribution in [0.25, 0.3) is 11.3 Å². The standard InChI is InChI=1S/C9H7IN2O/c10-7-3-1-6(2-4-7)8-5-13-9(11)12-8/h1-5H,(H2,11,12). The monoisotopic (exact) mass is 286 g/mol. The highest BCUT2D eigenvalue weighted by atomic mass is 127. The lowest BCUT2D eigenvalue weighted by atomic mass is 10.2. The zero-order chi connectivity index (χ0) is 9.26. The van der Waals surface area contributed by atoms with Crippen LogP contribution in [0.15, 0.2) is 34.9 Å². The van der Waals surface area contributed by atoms with E-state index in [9.17, 15) is 0 Å². The summed E-state index contributed by atoms with van der Waals surface area (Å²) in [4.78, 5) is 4.02. The van der Waals surface area contributed by atoms with Crippen molar-refractivity contribution in [2.45, 2.75) is 0 Å². The lowest BCUT2D eigenvalue weighted by Gasteiger charge is -1.94. The molecular formula is C9H7IN2O. The van der Waals surface area contributed by atoms with Crippen LogP contribution in [0.4, 0.5) is 6.01 Å². The third-order valence-electron chi connectivity index (χ3n) is 1.66. The van der Waals surface area contributed by atoms with Crippen molar-refractivity contribution in [2.75, 3.05) is 5.73 Å². The number of hydrogen-bond acceptors (Lipinski definition) is 3. The van der Waals surface area contributed by atoms with Gasteiger partial charge in [-0.25, -0.2) is 0 Å². The highest BCUT2D eigenvalue weighted by Crippen LogP contribution is 2.20. The van der Waals surface area contributed by atoms with Crippen molar-refractivity contribution < 1.29 is 4.42 Å². The third kappa shape index (κ3) is 1.82. The quantitative estimate of drug-likeness (QED) is 0.819. The summed E-state index contributed by atoms with van der Waals surface area (Å²) in [6, 6.07) is 8.20. The first-order chi connectivity index (χ1) is 6.25. The van der Waals surface area contributed by atoms with Gasteiger partial charge in [-0.05, 0) is 34.7 Å². The molecule has 0 aliphatic carbocycles. The Balaban J connectivity index is 2.41. The second-order valence-electron chi connectivity index (χ2n) is 2.58. The fourth-order valence-corrected chi connectivity index (χ4v) is 1.40. The van der Waals surface area contributed by atoms with Gasteiger partial charge in [0.1, 0.15) is 12.0 Å². The van der Waals surface area contributed by atoms with E-state index < -0.39 is 0 Å². The van der Waals surface area contributed by atoms with Crippen LogP contribution in [-0.4, -0.2) is 4.98 Å². The summed E-state index contributed by atoms with van der Waals surface area (Å²) < 4.78 is 6.11. The summed E-state index contributed by atoms with van der Waals surface area (Å²) in [6.07, 6.45) is 1.55. The minimum Gasteiger partial charge on any atom is -0.432 e. The maximum atomic E-state index is 5.37. The molecule has 66 valence electrons. The predicted octanol–water partition coefficient (Wildman–Crippen LogP) is 2.53. The number of nitrogen functional groups attached to an aromatic ring is 1. The summed E-state index contributed by atoms with van der Waals surface area (Å²) in [5.74, 6) is 0. The van der Waals surface area contributed by atoms with E-state index >= 15 is 0 Å². The van der Waals surface area contributed by atoms with Crippen LogP contribution in [0.1, 0.15) is 0 Å². The number of nitrogens with zero attached hydrogens (tertiary/aromatic N) is 1. The summed E-state index contributed by atoms with van der Waals surface area (Å²) in [5, 5.41) is 0. The van der Waals surface area contributed by atoms with Crippen molar-refractivity contribution >= 4 is 28.6 Å². The molecule has 0 spiro atoms. The SMILES string of the molecule is Nc1nc(-c2ccc(I)cc2)co1. The zero-order valence-corrected chi connectivity index (χ0v) is 8.86. The Morgan fingerprint density at radius 3 is 2.46 bits per heavy atom. The van der Waals surface area contributed by atoms with E-state index in [0.29, 0.717) is 0 Å². The van der Waals surface area contributed by atoms with Gasteiger partial charge in [0.15, 0.2) is 0 Å². The normalized spacial score (nSPS) is 10.2. The van der Waals surface area contributed by atoms with E-state index in [2.05, 4.69) is 27.6 Å². The fraction of sp³-hybridized carbons (Fsp3) is 0. The fourth-order valence-electron chi connectivity index (χ4n) is 1.04. The van der Waals surface area contributed by atoms with Crippen molar-refractivity contribution in [1.82, 2.24) is 4.98 Å². The molecule has 2 aromatic rings. The Labute approximate surface area is 89.1 Å². The first kappa shape index (κ1) is 8.55. The molecule has 0 aliphatic rings. The number of oxazole rings is 1. The maximum Gasteiger partial charge on any atom is 0.292 e. The summed E-state index contributed by atoms with van der Waals surface area (Å²) in [5.41, 5.74) is 7.15. The molecule has 0 amide bonds. The Hall–Kier alpha value is -1.04. The van der Waals surface area contributed by atoms with Gasteiger partial charge in [-0.15, -0.1) is 0 Å². The topological polar surface area (TPSA) is 52.0 Å². The number of anilines is 1. The Morgan fingerprint density at radius 1 is 1.23 bits per heavy atom. The molecule has 0 atom stereocenters. The van der Waals surface area contributed by atoms with E-state index in [4.69, 9.17) is 10.2 Å². The van der Waals surface area contributed by atoms with Gasteiger partial charge >= 0.3 is 0 Å². The molecule has 0 bridgehead atoms. The van der Waals surface area contributed by atoms with Gasteiger partial charge in [0, 0.05) is 9.13 Å². The molecule has 0 radical (unpaired) electrons. The zero-order valence-electron chi connectivity index (χ0n) is 6.70.